The molecule has 0 saturated heterocycles. The molecule has 3 aromatic heterocycles. The summed E-state index contributed by atoms with van der Waals surface area (Å²) in [4.78, 5) is 17.2. The molecule has 0 radical (unpaired) electrons. The zero-order valence-electron chi connectivity index (χ0n) is 44.4. The number of aromatic hydroxyl groups is 1. The molecule has 8 rings (SSSR count). The van der Waals surface area contributed by atoms with Crippen molar-refractivity contribution >= 4 is 167 Å². The molecule has 87 heavy (non-hydrogen) atoms. The predicted octanol–water partition coefficient (Wildman–Crippen LogP) is 8.67. The van der Waals surface area contributed by atoms with Crippen LogP contribution in [0.5, 0.6) is 17.4 Å². The molecule has 0 aliphatic rings. The second kappa shape index (κ2) is 24.4. The van der Waals surface area contributed by atoms with E-state index in [1.165, 1.54) is 51.3 Å². The molecule has 0 unspecified atom stereocenters. The maximum Gasteiger partial charge on any atom is 0.296 e. The van der Waals surface area contributed by atoms with E-state index >= 15 is 0 Å². The van der Waals surface area contributed by atoms with Crippen LogP contribution in [-0.2, 0) is 65.5 Å². The van der Waals surface area contributed by atoms with Crippen molar-refractivity contribution in [1.29, 1.82) is 5.26 Å². The molecule has 0 atom stereocenters. The summed E-state index contributed by atoms with van der Waals surface area (Å²) in [5.41, 5.74) is -2.19. The van der Waals surface area contributed by atoms with Crippen LogP contribution in [0.1, 0.15) is 36.5 Å². The third kappa shape index (κ3) is 14.8. The zero-order chi connectivity index (χ0) is 64.1. The predicted molar refractivity (Wildman–Crippen MR) is 309 cm³/mol. The Bertz CT molecular complexity index is 5110. The fraction of sp³-hybridized carbons (Fsp3) is 0.217. The molecule has 460 valence electrons. The summed E-state index contributed by atoms with van der Waals surface area (Å²) in [7, 11) is -28.6. The number of aryl methyl sites for hydroxylation is 1. The Morgan fingerprint density at radius 2 is 1.33 bits per heavy atom. The van der Waals surface area contributed by atoms with Crippen LogP contribution in [0.15, 0.2) is 110 Å². The van der Waals surface area contributed by atoms with Crippen LogP contribution >= 0.6 is 23.1 Å². The van der Waals surface area contributed by atoms with Gasteiger partial charge >= 0.3 is 0 Å². The highest BCUT2D eigenvalue weighted by atomic mass is 32.2. The third-order valence-corrected chi connectivity index (χ3v) is 19.2. The molecule has 41 heteroatoms. The van der Waals surface area contributed by atoms with E-state index in [1.54, 1.807) is 0 Å². The number of hydrogen-bond acceptors (Lipinski definition) is 27. The minimum atomic E-state index is -5.36. The van der Waals surface area contributed by atoms with Crippen molar-refractivity contribution in [2.75, 3.05) is 36.3 Å². The van der Waals surface area contributed by atoms with E-state index in [0.29, 0.717) is 23.5 Å². The Kier molecular flexibility index (Phi) is 18.3. The van der Waals surface area contributed by atoms with E-state index in [4.69, 9.17) is 9.47 Å². The van der Waals surface area contributed by atoms with E-state index in [-0.39, 0.29) is 108 Å². The van der Waals surface area contributed by atoms with Crippen molar-refractivity contribution in [2.45, 2.75) is 58.1 Å². The Hall–Kier alpha value is -7.83. The lowest BCUT2D eigenvalue weighted by Gasteiger charge is -2.13. The lowest BCUT2D eigenvalue weighted by molar-refractivity contribution is -0.114. The average molecular weight is 1360 g/mol. The van der Waals surface area contributed by atoms with Crippen molar-refractivity contribution in [3.63, 3.8) is 0 Å². The first kappa shape index (κ1) is 65.2. The van der Waals surface area contributed by atoms with E-state index in [9.17, 15) is 93.0 Å². The summed E-state index contributed by atoms with van der Waals surface area (Å²) in [6.45, 7) is 3.61. The topological polar surface area (TPSA) is 522 Å². The minimum Gasteiger partial charge on any atom is -0.497 e. The Morgan fingerprint density at radius 3 is 1.94 bits per heavy atom. The van der Waals surface area contributed by atoms with Gasteiger partial charge in [-0.1, -0.05) is 11.3 Å². The third-order valence-electron chi connectivity index (χ3n) is 12.1. The van der Waals surface area contributed by atoms with Gasteiger partial charge in [-0.15, -0.1) is 37.3 Å². The lowest BCUT2D eigenvalue weighted by atomic mass is 10.1. The zero-order valence-corrected chi connectivity index (χ0v) is 51.0. The van der Waals surface area contributed by atoms with Gasteiger partial charge in [0, 0.05) is 46.4 Å². The number of carbonyl (C=O) groups is 1. The van der Waals surface area contributed by atoms with Crippen LogP contribution in [-0.4, -0.2) is 134 Å². The number of nitrogens with zero attached hydrogens (tertiary/aromatic N) is 10. The molecule has 8 N–H and O–H groups in total. The van der Waals surface area contributed by atoms with Crippen LogP contribution in [0.2, 0.25) is 0 Å². The molecule has 0 aliphatic carbocycles. The highest BCUT2D eigenvalue weighted by Crippen LogP contribution is 2.46. The van der Waals surface area contributed by atoms with E-state index < -0.39 is 131 Å². The maximum absolute atomic E-state index is 12.7. The molecule has 0 spiro atoms. The molecular weight excluding hydrogens is 1320 g/mol. The lowest BCUT2D eigenvalue weighted by Crippen LogP contribution is -2.08. The number of aromatic nitrogens is 3. The summed E-state index contributed by atoms with van der Waals surface area (Å²) in [6.07, 6.45) is -0.420. The number of amides is 1. The SMILES string of the molecule is COc1cc(S(=O)(=O)O)c2c(c1)nc1c(C#N)c(C)c(N=Nc3cc(C)c(N=Nc4cc(NC(C)=O)c(N=Nc5nc6c(S(=O)(=O)O)cc7c(S(=O)(=O)O)cc(S(=O)(=O)O)cc7c6s5)cc4SCCCS(=O)(=O)O)cc3OCCCS(=O)(=O)O)c(O)n12. The molecule has 0 aliphatic heterocycles. The van der Waals surface area contributed by atoms with Gasteiger partial charge in [-0.05, 0) is 74.4 Å². The van der Waals surface area contributed by atoms with Crippen LogP contribution in [0.4, 0.5) is 39.3 Å². The minimum absolute atomic E-state index is 0.00415. The van der Waals surface area contributed by atoms with E-state index in [1.807, 2.05) is 6.07 Å². The number of nitrogens with one attached hydrogen (secondary N) is 1. The second-order valence-electron chi connectivity index (χ2n) is 18.2. The van der Waals surface area contributed by atoms with Gasteiger partial charge < -0.3 is 19.9 Å². The van der Waals surface area contributed by atoms with Crippen molar-refractivity contribution in [3.8, 4) is 23.4 Å². The molecule has 3 heterocycles. The summed E-state index contributed by atoms with van der Waals surface area (Å²) in [5, 5.41) is 48.5. The summed E-state index contributed by atoms with van der Waals surface area (Å²) < 4.78 is 217. The van der Waals surface area contributed by atoms with Crippen molar-refractivity contribution < 1.29 is 97.2 Å². The number of thioether (sulfide) groups is 1. The van der Waals surface area contributed by atoms with Gasteiger partial charge in [-0.25, -0.2) is 9.97 Å². The summed E-state index contributed by atoms with van der Waals surface area (Å²) >= 11 is 1.40. The van der Waals surface area contributed by atoms with Gasteiger partial charge in [-0.3, -0.25) is 36.5 Å². The molecule has 0 saturated carbocycles. The number of rotatable bonds is 22. The molecule has 1 amide bonds. The number of thiazole rings is 1. The van der Waals surface area contributed by atoms with Crippen LogP contribution in [0, 0.1) is 25.2 Å². The largest absolute Gasteiger partial charge is 0.497 e. The molecular formula is C46H41N11O22S8. The molecule has 5 aromatic carbocycles. The van der Waals surface area contributed by atoms with Gasteiger partial charge in [0.2, 0.25) is 16.9 Å². The van der Waals surface area contributed by atoms with Gasteiger partial charge in [-0.2, -0.15) is 60.9 Å². The number of benzene rings is 5. The number of ether oxygens (including phenoxy) is 2. The quantitative estimate of drug-likeness (QED) is 0.0136. The van der Waals surface area contributed by atoms with Crippen molar-refractivity contribution in [1.82, 2.24) is 14.4 Å². The van der Waals surface area contributed by atoms with Gasteiger partial charge in [0.15, 0.2) is 11.3 Å². The number of imidazole rings is 1. The Morgan fingerprint density at radius 1 is 0.701 bits per heavy atom. The number of azo groups is 3. The van der Waals surface area contributed by atoms with E-state index in [2.05, 4.69) is 46.0 Å². The first-order valence-corrected chi connectivity index (χ1v) is 34.6. The summed E-state index contributed by atoms with van der Waals surface area (Å²) in [6, 6.07) is 11.0. The number of anilines is 1. The number of methoxy groups -OCH3 is 1. The number of carbonyl (C=O) groups excluding carboxylic acids is 1. The standard InChI is InChI=1S/C46H41N11O22S8/c1-21-11-32(53-55-40-22(2)28(20-47)44-49-34-12-24(78-4)13-39(87(75,76)77)42(34)57(44)45(40)59)35(79-7-5-9-82(60,61)62)18-29(21)51-54-33-17-30(48-23(3)58)31(19-36(33)80-8-6-10-83(63,64)65)52-56-46-50-41-38(86(72,73)74)16-26-27(43(41)81-46)14-25(84(66,67)68)15-37(26)85(69,70)71/h11-19,59H,5-10H2,1-4H3,(H,48,58)(H,60,61,62)(H,63,64,65)(H,66,67,68)(H,69,70,71)(H,72,73,74)(H,75,76,77). The van der Waals surface area contributed by atoms with Gasteiger partial charge in [0.05, 0.1) is 57.2 Å². The van der Waals surface area contributed by atoms with Gasteiger partial charge in [0.25, 0.3) is 60.7 Å². The normalized spacial score (nSPS) is 13.1. The number of nitriles is 1. The molecule has 0 fully saturated rings. The smallest absolute Gasteiger partial charge is 0.296 e. The number of hydrogen-bond donors (Lipinski definition) is 8. The molecule has 33 nitrogen and oxygen atoms in total. The maximum atomic E-state index is 12.7. The monoisotopic (exact) mass is 1360 g/mol. The fourth-order valence-electron chi connectivity index (χ4n) is 8.29. The first-order valence-electron chi connectivity index (χ1n) is 23.8. The number of fused-ring (bicyclic) bond motifs is 6. The first-order chi connectivity index (χ1) is 40.4. The average Bonchev–Trinajstić information content (AvgIpc) is 1.68. The Balaban J connectivity index is 1.25. The van der Waals surface area contributed by atoms with E-state index in [0.717, 1.165) is 35.2 Å². The molecule has 0 bridgehead atoms. The number of pyridine rings is 1. The highest BCUT2D eigenvalue weighted by molar-refractivity contribution is 7.99. The Labute approximate surface area is 500 Å². The molecule has 8 aromatic rings. The van der Waals surface area contributed by atoms with Crippen molar-refractivity contribution in [2.24, 2.45) is 30.7 Å². The van der Waals surface area contributed by atoms with Crippen LogP contribution < -0.4 is 14.8 Å². The van der Waals surface area contributed by atoms with Gasteiger partial charge in [0.1, 0.15) is 60.4 Å². The summed E-state index contributed by atoms with van der Waals surface area (Å²) in [5.74, 6) is -3.18. The van der Waals surface area contributed by atoms with Crippen LogP contribution in [0.25, 0.3) is 37.7 Å². The second-order valence-corrected chi connectivity index (χ2v) is 29.1. The van der Waals surface area contributed by atoms with Crippen LogP contribution in [0.3, 0.4) is 0 Å². The highest BCUT2D eigenvalue weighted by Gasteiger charge is 2.30. The fourth-order valence-corrected chi connectivity index (χ4v) is 14.1. The van der Waals surface area contributed by atoms with Crippen molar-refractivity contribution in [3.05, 3.63) is 71.3 Å².